The number of carbonyl (C=O) groups excluding carboxylic acids is 1. The summed E-state index contributed by atoms with van der Waals surface area (Å²) in [6, 6.07) is 4.76. The number of methoxy groups -OCH3 is 2. The van der Waals surface area contributed by atoms with E-state index < -0.39 is 0 Å². The van der Waals surface area contributed by atoms with Crippen LogP contribution < -0.4 is 14.8 Å². The maximum Gasteiger partial charge on any atom is 0.252 e. The highest BCUT2D eigenvalue weighted by Crippen LogP contribution is 2.27. The fraction of sp³-hybridized carbons (Fsp3) is 0.357. The van der Waals surface area contributed by atoms with Crippen LogP contribution in [0.2, 0.25) is 0 Å². The Balaban J connectivity index is 2.15. The third-order valence-corrected chi connectivity index (χ3v) is 3.13. The number of aromatic nitrogens is 3. The zero-order valence-electron chi connectivity index (χ0n) is 12.5. The summed E-state index contributed by atoms with van der Waals surface area (Å²) in [5.41, 5.74) is 0.488. The summed E-state index contributed by atoms with van der Waals surface area (Å²) in [6.07, 6.45) is 1.45. The van der Waals surface area contributed by atoms with E-state index in [9.17, 15) is 4.79 Å². The van der Waals surface area contributed by atoms with Crippen LogP contribution in [-0.2, 0) is 7.05 Å². The Hall–Kier alpha value is -2.57. The van der Waals surface area contributed by atoms with Crippen molar-refractivity contribution in [2.24, 2.45) is 7.05 Å². The average molecular weight is 290 g/mol. The Kier molecular flexibility index (Phi) is 4.42. The number of ether oxygens (including phenoxy) is 2. The molecule has 1 aromatic carbocycles. The van der Waals surface area contributed by atoms with Gasteiger partial charge in [-0.3, -0.25) is 9.48 Å². The molecule has 2 aromatic rings. The molecule has 112 valence electrons. The first-order valence-corrected chi connectivity index (χ1v) is 6.43. The monoisotopic (exact) mass is 290 g/mol. The Bertz CT molecular complexity index is 639. The first kappa shape index (κ1) is 14.8. The fourth-order valence-electron chi connectivity index (χ4n) is 2.02. The molecule has 0 radical (unpaired) electrons. The first-order chi connectivity index (χ1) is 10.1. The van der Waals surface area contributed by atoms with Gasteiger partial charge in [0.2, 0.25) is 0 Å². The second-order valence-corrected chi connectivity index (χ2v) is 4.51. The number of nitrogens with zero attached hydrogens (tertiary/aromatic N) is 3. The van der Waals surface area contributed by atoms with E-state index in [2.05, 4.69) is 15.4 Å². The number of amides is 1. The molecule has 0 aliphatic rings. The van der Waals surface area contributed by atoms with Crippen LogP contribution in [0.5, 0.6) is 11.5 Å². The Labute approximate surface area is 122 Å². The number of benzene rings is 1. The second-order valence-electron chi connectivity index (χ2n) is 4.51. The van der Waals surface area contributed by atoms with Crippen molar-refractivity contribution in [1.29, 1.82) is 0 Å². The minimum absolute atomic E-state index is 0.216. The molecule has 1 heterocycles. The van der Waals surface area contributed by atoms with Crippen molar-refractivity contribution >= 4 is 5.91 Å². The fourth-order valence-corrected chi connectivity index (χ4v) is 2.02. The summed E-state index contributed by atoms with van der Waals surface area (Å²) in [4.78, 5) is 16.4. The number of nitrogens with one attached hydrogen (secondary N) is 1. The van der Waals surface area contributed by atoms with Gasteiger partial charge in [0.25, 0.3) is 5.91 Å². The van der Waals surface area contributed by atoms with E-state index in [0.717, 1.165) is 0 Å². The van der Waals surface area contributed by atoms with Crippen LogP contribution in [0.25, 0.3) is 0 Å². The lowest BCUT2D eigenvalue weighted by atomic mass is 10.1. The quantitative estimate of drug-likeness (QED) is 0.898. The molecule has 7 nitrogen and oxygen atoms in total. The molecule has 0 aliphatic heterocycles. The number of hydrogen-bond donors (Lipinski definition) is 1. The van der Waals surface area contributed by atoms with E-state index in [0.29, 0.717) is 22.9 Å². The molecule has 2 rings (SSSR count). The molecule has 1 N–H and O–H groups in total. The molecule has 0 unspecified atom stereocenters. The van der Waals surface area contributed by atoms with Crippen molar-refractivity contribution in [2.45, 2.75) is 13.0 Å². The van der Waals surface area contributed by atoms with Crippen LogP contribution in [0.1, 0.15) is 29.1 Å². The molecular formula is C14H18N4O3. The van der Waals surface area contributed by atoms with Gasteiger partial charge in [-0.25, -0.2) is 4.98 Å². The highest BCUT2D eigenvalue weighted by Gasteiger charge is 2.16. The Morgan fingerprint density at radius 1 is 1.29 bits per heavy atom. The van der Waals surface area contributed by atoms with Crippen molar-refractivity contribution in [3.63, 3.8) is 0 Å². The van der Waals surface area contributed by atoms with Crippen LogP contribution in [0.4, 0.5) is 0 Å². The summed E-state index contributed by atoms with van der Waals surface area (Å²) in [5.74, 6) is 1.56. The van der Waals surface area contributed by atoms with Gasteiger partial charge in [-0.15, -0.1) is 0 Å². The van der Waals surface area contributed by atoms with Gasteiger partial charge in [-0.1, -0.05) is 0 Å². The minimum Gasteiger partial charge on any atom is -0.493 e. The number of hydrogen-bond acceptors (Lipinski definition) is 5. The molecule has 0 bridgehead atoms. The number of rotatable bonds is 5. The predicted molar refractivity (Wildman–Crippen MR) is 76.4 cm³/mol. The third kappa shape index (κ3) is 3.13. The zero-order chi connectivity index (χ0) is 15.4. The predicted octanol–water partition coefficient (Wildman–Crippen LogP) is 1.32. The van der Waals surface area contributed by atoms with Gasteiger partial charge in [-0.05, 0) is 25.1 Å². The molecule has 1 amide bonds. The van der Waals surface area contributed by atoms with Gasteiger partial charge in [0, 0.05) is 12.6 Å². The van der Waals surface area contributed by atoms with Gasteiger partial charge in [0.15, 0.2) is 11.5 Å². The summed E-state index contributed by atoms with van der Waals surface area (Å²) >= 11 is 0. The molecule has 1 aromatic heterocycles. The molecule has 0 saturated carbocycles. The van der Waals surface area contributed by atoms with E-state index in [1.807, 2.05) is 6.92 Å². The van der Waals surface area contributed by atoms with Gasteiger partial charge in [0.1, 0.15) is 12.2 Å². The second kappa shape index (κ2) is 6.25. The van der Waals surface area contributed by atoms with Crippen LogP contribution in [0.3, 0.4) is 0 Å². The van der Waals surface area contributed by atoms with Crippen LogP contribution in [-0.4, -0.2) is 34.9 Å². The normalized spacial score (nSPS) is 11.8. The van der Waals surface area contributed by atoms with E-state index >= 15 is 0 Å². The van der Waals surface area contributed by atoms with E-state index in [1.165, 1.54) is 13.4 Å². The molecule has 0 saturated heterocycles. The lowest BCUT2D eigenvalue weighted by molar-refractivity contribution is 0.0937. The number of carbonyl (C=O) groups is 1. The van der Waals surface area contributed by atoms with Crippen molar-refractivity contribution in [3.05, 3.63) is 35.9 Å². The molecule has 1 atom stereocenters. The average Bonchev–Trinajstić information content (AvgIpc) is 2.92. The minimum atomic E-state index is -0.252. The van der Waals surface area contributed by atoms with Crippen LogP contribution in [0, 0.1) is 0 Å². The van der Waals surface area contributed by atoms with Crippen molar-refractivity contribution in [3.8, 4) is 11.5 Å². The summed E-state index contributed by atoms with van der Waals surface area (Å²) < 4.78 is 12.0. The summed E-state index contributed by atoms with van der Waals surface area (Å²) in [7, 11) is 4.86. The number of aryl methyl sites for hydroxylation is 1. The van der Waals surface area contributed by atoms with E-state index in [1.54, 1.807) is 37.0 Å². The third-order valence-electron chi connectivity index (χ3n) is 3.13. The first-order valence-electron chi connectivity index (χ1n) is 6.43. The van der Waals surface area contributed by atoms with E-state index in [4.69, 9.17) is 9.47 Å². The van der Waals surface area contributed by atoms with Gasteiger partial charge < -0.3 is 14.8 Å². The molecule has 0 fully saturated rings. The SMILES string of the molecule is COc1ccc(C(=O)N[C@@H](C)c2ncnn2C)cc1OC. The smallest absolute Gasteiger partial charge is 0.252 e. The molecule has 0 aliphatic carbocycles. The van der Waals surface area contributed by atoms with Crippen molar-refractivity contribution in [1.82, 2.24) is 20.1 Å². The molecule has 21 heavy (non-hydrogen) atoms. The molecule has 7 heteroatoms. The maximum absolute atomic E-state index is 12.3. The maximum atomic E-state index is 12.3. The van der Waals surface area contributed by atoms with Crippen molar-refractivity contribution < 1.29 is 14.3 Å². The highest BCUT2D eigenvalue weighted by atomic mass is 16.5. The lowest BCUT2D eigenvalue weighted by Gasteiger charge is -2.14. The molecular weight excluding hydrogens is 272 g/mol. The lowest BCUT2D eigenvalue weighted by Crippen LogP contribution is -2.28. The standard InChI is InChI=1S/C14H18N4O3/c1-9(13-15-8-16-18(13)2)17-14(19)10-5-6-11(20-3)12(7-10)21-4/h5-9H,1-4H3,(H,17,19)/t9-/m0/s1. The van der Waals surface area contributed by atoms with Gasteiger partial charge >= 0.3 is 0 Å². The van der Waals surface area contributed by atoms with E-state index in [-0.39, 0.29) is 11.9 Å². The highest BCUT2D eigenvalue weighted by molar-refractivity contribution is 5.95. The van der Waals surface area contributed by atoms with Gasteiger partial charge in [-0.2, -0.15) is 5.10 Å². The topological polar surface area (TPSA) is 78.3 Å². The van der Waals surface area contributed by atoms with Crippen LogP contribution >= 0.6 is 0 Å². The Morgan fingerprint density at radius 2 is 2.00 bits per heavy atom. The molecule has 0 spiro atoms. The Morgan fingerprint density at radius 3 is 2.57 bits per heavy atom. The largest absolute Gasteiger partial charge is 0.493 e. The van der Waals surface area contributed by atoms with Gasteiger partial charge in [0.05, 0.1) is 20.3 Å². The van der Waals surface area contributed by atoms with Crippen molar-refractivity contribution in [2.75, 3.05) is 14.2 Å². The summed E-state index contributed by atoms with van der Waals surface area (Å²) in [5, 5.41) is 6.86. The van der Waals surface area contributed by atoms with Crippen LogP contribution in [0.15, 0.2) is 24.5 Å². The summed E-state index contributed by atoms with van der Waals surface area (Å²) in [6.45, 7) is 1.85. The zero-order valence-corrected chi connectivity index (χ0v) is 12.5.